The highest BCUT2D eigenvalue weighted by molar-refractivity contribution is 6.06. The summed E-state index contributed by atoms with van der Waals surface area (Å²) in [6.45, 7) is 3.09. The highest BCUT2D eigenvalue weighted by atomic mass is 16.5. The van der Waals surface area contributed by atoms with Crippen molar-refractivity contribution in [1.29, 1.82) is 0 Å². The molecule has 0 unspecified atom stereocenters. The van der Waals surface area contributed by atoms with Crippen molar-refractivity contribution in [3.63, 3.8) is 0 Å². The Morgan fingerprint density at radius 2 is 1.88 bits per heavy atom. The molecular weight excluding hydrogens is 420 g/mol. The summed E-state index contributed by atoms with van der Waals surface area (Å²) in [5.74, 6) is 0.129. The molecule has 8 nitrogen and oxygen atoms in total. The number of aromatic amines is 1. The van der Waals surface area contributed by atoms with Crippen LogP contribution in [0.25, 0.3) is 17.0 Å². The van der Waals surface area contributed by atoms with Gasteiger partial charge in [0.15, 0.2) is 0 Å². The average molecular weight is 449 g/mol. The van der Waals surface area contributed by atoms with Crippen molar-refractivity contribution in [2.24, 2.45) is 0 Å². The fraction of sp³-hybridized carbons (Fsp3) is 0.280. The average Bonchev–Trinajstić information content (AvgIpc) is 3.26. The van der Waals surface area contributed by atoms with Crippen molar-refractivity contribution in [2.75, 3.05) is 46.4 Å². The maximum absolute atomic E-state index is 13.5. The lowest BCUT2D eigenvalue weighted by Crippen LogP contribution is -2.50. The number of aliphatic hydroxyl groups excluding tert-OH is 1. The number of nitrogens with one attached hydrogen (secondary N) is 2. The summed E-state index contributed by atoms with van der Waals surface area (Å²) in [5.41, 5.74) is 2.37. The van der Waals surface area contributed by atoms with Crippen LogP contribution in [0, 0.1) is 0 Å². The molecule has 0 atom stereocenters. The lowest BCUT2D eigenvalue weighted by atomic mass is 10.1. The van der Waals surface area contributed by atoms with E-state index < -0.39 is 0 Å². The number of amides is 2. The van der Waals surface area contributed by atoms with Gasteiger partial charge in [-0.1, -0.05) is 18.2 Å². The number of hydrogen-bond acceptors (Lipinski definition) is 5. The van der Waals surface area contributed by atoms with E-state index in [9.17, 15) is 9.59 Å². The SMILES string of the molecule is COc1ccc2[nH]cc(/C=C(\NC(=O)c3ccccc3)C(=O)N3CCN(CCO)CC3)c2c1. The van der Waals surface area contributed by atoms with Gasteiger partial charge in [0, 0.05) is 61.0 Å². The number of aliphatic hydroxyl groups is 1. The summed E-state index contributed by atoms with van der Waals surface area (Å²) in [6.07, 6.45) is 3.52. The zero-order valence-electron chi connectivity index (χ0n) is 18.6. The summed E-state index contributed by atoms with van der Waals surface area (Å²) in [7, 11) is 1.61. The van der Waals surface area contributed by atoms with Crippen LogP contribution in [-0.2, 0) is 4.79 Å². The standard InChI is InChI=1S/C25H28N4O4/c1-33-20-7-8-22-21(16-20)19(17-26-22)15-23(27-24(31)18-5-3-2-4-6-18)25(32)29-11-9-28(10-12-29)13-14-30/h2-8,15-17,26,30H,9-14H2,1H3,(H,27,31)/b23-15-. The first-order valence-corrected chi connectivity index (χ1v) is 10.9. The van der Waals surface area contributed by atoms with Crippen molar-refractivity contribution in [3.8, 4) is 5.75 Å². The second-order valence-electron chi connectivity index (χ2n) is 7.89. The molecule has 0 aliphatic carbocycles. The van der Waals surface area contributed by atoms with Crippen LogP contribution in [-0.4, -0.2) is 78.1 Å². The predicted molar refractivity (Wildman–Crippen MR) is 127 cm³/mol. The van der Waals surface area contributed by atoms with Crippen LogP contribution in [0.4, 0.5) is 0 Å². The quantitative estimate of drug-likeness (QED) is 0.481. The van der Waals surface area contributed by atoms with E-state index in [2.05, 4.69) is 15.2 Å². The minimum absolute atomic E-state index is 0.0935. The number of piperazine rings is 1. The summed E-state index contributed by atoms with van der Waals surface area (Å²) in [4.78, 5) is 33.4. The second kappa shape index (κ2) is 10.3. The third-order valence-electron chi connectivity index (χ3n) is 5.81. The fourth-order valence-electron chi connectivity index (χ4n) is 3.94. The number of fused-ring (bicyclic) bond motifs is 1. The van der Waals surface area contributed by atoms with Crippen LogP contribution in [0.2, 0.25) is 0 Å². The molecule has 1 saturated heterocycles. The Kier molecular flexibility index (Phi) is 7.07. The van der Waals surface area contributed by atoms with Crippen LogP contribution < -0.4 is 10.1 Å². The minimum Gasteiger partial charge on any atom is -0.497 e. The summed E-state index contributed by atoms with van der Waals surface area (Å²) < 4.78 is 5.34. The first kappa shape index (κ1) is 22.6. The molecule has 2 amide bonds. The summed E-state index contributed by atoms with van der Waals surface area (Å²) in [5, 5.41) is 12.9. The topological polar surface area (TPSA) is 97.9 Å². The van der Waals surface area contributed by atoms with Crippen molar-refractivity contribution in [2.45, 2.75) is 0 Å². The van der Waals surface area contributed by atoms with E-state index in [0.717, 1.165) is 16.5 Å². The van der Waals surface area contributed by atoms with Gasteiger partial charge < -0.3 is 25.0 Å². The highest BCUT2D eigenvalue weighted by Crippen LogP contribution is 2.25. The molecule has 1 aromatic heterocycles. The third kappa shape index (κ3) is 5.24. The van der Waals surface area contributed by atoms with Crippen LogP contribution in [0.3, 0.4) is 0 Å². The first-order valence-electron chi connectivity index (χ1n) is 10.9. The molecule has 2 aromatic carbocycles. The third-order valence-corrected chi connectivity index (χ3v) is 5.81. The van der Waals surface area contributed by atoms with Crippen LogP contribution in [0.1, 0.15) is 15.9 Å². The van der Waals surface area contributed by atoms with Gasteiger partial charge in [-0.2, -0.15) is 0 Å². The zero-order chi connectivity index (χ0) is 23.2. The molecular formula is C25H28N4O4. The Hall–Kier alpha value is -3.62. The van der Waals surface area contributed by atoms with Crippen molar-refractivity contribution < 1.29 is 19.4 Å². The molecule has 3 aromatic rings. The van der Waals surface area contributed by atoms with Gasteiger partial charge >= 0.3 is 0 Å². The van der Waals surface area contributed by atoms with E-state index >= 15 is 0 Å². The zero-order valence-corrected chi connectivity index (χ0v) is 18.6. The molecule has 1 aliphatic heterocycles. The summed E-state index contributed by atoms with van der Waals surface area (Å²) >= 11 is 0. The number of benzene rings is 2. The normalized spacial score (nSPS) is 15.0. The van der Waals surface area contributed by atoms with Gasteiger partial charge in [0.1, 0.15) is 11.4 Å². The van der Waals surface area contributed by atoms with Gasteiger partial charge in [-0.25, -0.2) is 0 Å². The molecule has 0 radical (unpaired) electrons. The Balaban J connectivity index is 1.64. The molecule has 3 N–H and O–H groups in total. The minimum atomic E-state index is -0.341. The molecule has 33 heavy (non-hydrogen) atoms. The number of carbonyl (C=O) groups excluding carboxylic acids is 2. The van der Waals surface area contributed by atoms with Gasteiger partial charge in [-0.15, -0.1) is 0 Å². The fourth-order valence-corrected chi connectivity index (χ4v) is 3.94. The van der Waals surface area contributed by atoms with Gasteiger partial charge in [-0.05, 0) is 36.4 Å². The van der Waals surface area contributed by atoms with E-state index in [0.29, 0.717) is 44.0 Å². The number of carbonyl (C=O) groups is 2. The maximum Gasteiger partial charge on any atom is 0.270 e. The van der Waals surface area contributed by atoms with Crippen molar-refractivity contribution in [1.82, 2.24) is 20.1 Å². The van der Waals surface area contributed by atoms with Gasteiger partial charge in [0.25, 0.3) is 11.8 Å². The second-order valence-corrected chi connectivity index (χ2v) is 7.89. The Morgan fingerprint density at radius 3 is 2.58 bits per heavy atom. The molecule has 2 heterocycles. The molecule has 0 saturated carbocycles. The van der Waals surface area contributed by atoms with Gasteiger partial charge in [0.05, 0.1) is 13.7 Å². The first-order chi connectivity index (χ1) is 16.1. The van der Waals surface area contributed by atoms with Crippen LogP contribution in [0.5, 0.6) is 5.75 Å². The number of hydrogen-bond donors (Lipinski definition) is 3. The van der Waals surface area contributed by atoms with Crippen LogP contribution in [0.15, 0.2) is 60.4 Å². The Morgan fingerprint density at radius 1 is 1.12 bits per heavy atom. The van der Waals surface area contributed by atoms with Crippen LogP contribution >= 0.6 is 0 Å². The monoisotopic (exact) mass is 448 g/mol. The van der Waals surface area contributed by atoms with E-state index in [-0.39, 0.29) is 24.1 Å². The number of H-pyrrole nitrogens is 1. The van der Waals surface area contributed by atoms with E-state index in [1.807, 2.05) is 30.5 Å². The smallest absolute Gasteiger partial charge is 0.270 e. The highest BCUT2D eigenvalue weighted by Gasteiger charge is 2.25. The van der Waals surface area contributed by atoms with Crippen molar-refractivity contribution in [3.05, 3.63) is 71.6 Å². The number of ether oxygens (including phenoxy) is 1. The number of methoxy groups -OCH3 is 1. The van der Waals surface area contributed by atoms with Gasteiger partial charge in [-0.3, -0.25) is 14.5 Å². The number of rotatable bonds is 7. The molecule has 0 bridgehead atoms. The number of β-amino-alcohol motifs (C(OH)–C–C–N with tert-alkyl or cyclic N) is 1. The molecule has 4 rings (SSSR count). The largest absolute Gasteiger partial charge is 0.497 e. The van der Waals surface area contributed by atoms with E-state index in [1.54, 1.807) is 42.4 Å². The van der Waals surface area contributed by atoms with Gasteiger partial charge in [0.2, 0.25) is 0 Å². The molecule has 1 fully saturated rings. The van der Waals surface area contributed by atoms with Crippen molar-refractivity contribution >= 4 is 28.8 Å². The molecule has 172 valence electrons. The van der Waals surface area contributed by atoms with E-state index in [4.69, 9.17) is 9.84 Å². The number of nitrogens with zero attached hydrogens (tertiary/aromatic N) is 2. The molecule has 8 heteroatoms. The molecule has 1 aliphatic rings. The Labute approximate surface area is 192 Å². The molecule has 0 spiro atoms. The lowest BCUT2D eigenvalue weighted by Gasteiger charge is -2.34. The van der Waals surface area contributed by atoms with E-state index in [1.165, 1.54) is 0 Å². The maximum atomic E-state index is 13.5. The Bertz CT molecular complexity index is 1150. The number of aromatic nitrogens is 1. The predicted octanol–water partition coefficient (Wildman–Crippen LogP) is 2.08. The lowest BCUT2D eigenvalue weighted by molar-refractivity contribution is -0.129. The summed E-state index contributed by atoms with van der Waals surface area (Å²) in [6, 6.07) is 14.5.